The van der Waals surface area contributed by atoms with E-state index in [0.717, 1.165) is 9.44 Å². The Balaban J connectivity index is 2.05. The van der Waals surface area contributed by atoms with Gasteiger partial charge in [0.15, 0.2) is 5.13 Å². The molecule has 2 aromatic heterocycles. The van der Waals surface area contributed by atoms with Crippen LogP contribution in [0.3, 0.4) is 0 Å². The molecule has 0 aliphatic heterocycles. The van der Waals surface area contributed by atoms with Gasteiger partial charge in [-0.3, -0.25) is 9.59 Å². The smallest absolute Gasteiger partial charge is 0.307 e. The number of nitrogens with zero attached hydrogens (tertiary/aromatic N) is 2. The lowest BCUT2D eigenvalue weighted by Gasteiger charge is -2.18. The van der Waals surface area contributed by atoms with Gasteiger partial charge in [-0.25, -0.2) is 14.3 Å². The van der Waals surface area contributed by atoms with Gasteiger partial charge in [-0.15, -0.1) is 11.3 Å². The predicted molar refractivity (Wildman–Crippen MR) is 106 cm³/mol. The van der Waals surface area contributed by atoms with Crippen molar-refractivity contribution in [3.8, 4) is 0 Å². The molecule has 2 N–H and O–H groups in total. The van der Waals surface area contributed by atoms with Crippen molar-refractivity contribution < 1.29 is 4.79 Å². The van der Waals surface area contributed by atoms with E-state index in [4.69, 9.17) is 0 Å². The summed E-state index contributed by atoms with van der Waals surface area (Å²) in [4.78, 5) is 45.9. The second-order valence-electron chi connectivity index (χ2n) is 5.71. The van der Waals surface area contributed by atoms with Crippen LogP contribution in [0.25, 0.3) is 10.9 Å². The minimum Gasteiger partial charge on any atom is -0.307 e. The molecular weight excluding hydrogens is 372 g/mol. The van der Waals surface area contributed by atoms with E-state index in [9.17, 15) is 14.4 Å². The molecule has 0 radical (unpaired) electrons. The molecule has 0 fully saturated rings. The summed E-state index contributed by atoms with van der Waals surface area (Å²) in [5, 5.41) is 3.54. The number of hydrogen-bond acceptors (Lipinski definition) is 6. The van der Waals surface area contributed by atoms with Gasteiger partial charge < -0.3 is 10.3 Å². The molecule has 0 saturated heterocycles. The van der Waals surface area contributed by atoms with Crippen molar-refractivity contribution in [2.24, 2.45) is 0 Å². The monoisotopic (exact) mass is 390 g/mol. The number of aromatic nitrogens is 3. The number of rotatable bonds is 6. The molecule has 0 spiro atoms. The predicted octanol–water partition coefficient (Wildman–Crippen LogP) is 2.39. The molecule has 136 valence electrons. The van der Waals surface area contributed by atoms with E-state index in [1.54, 1.807) is 42.2 Å². The van der Waals surface area contributed by atoms with Crippen LogP contribution in [-0.2, 0) is 4.79 Å². The average molecular weight is 390 g/mol. The number of amides is 1. The van der Waals surface area contributed by atoms with Crippen molar-refractivity contribution in [2.45, 2.75) is 19.4 Å². The number of nitrogens with one attached hydrogen (secondary N) is 2. The highest BCUT2D eigenvalue weighted by Gasteiger charge is 2.25. The van der Waals surface area contributed by atoms with Gasteiger partial charge in [-0.05, 0) is 37.5 Å². The first kappa shape index (κ1) is 18.4. The van der Waals surface area contributed by atoms with E-state index >= 15 is 0 Å². The fourth-order valence-electron chi connectivity index (χ4n) is 2.67. The van der Waals surface area contributed by atoms with E-state index in [0.29, 0.717) is 28.2 Å². The number of fused-ring (bicyclic) bond motifs is 1. The Kier molecular flexibility index (Phi) is 5.58. The molecule has 26 heavy (non-hydrogen) atoms. The number of thioether (sulfide) groups is 1. The molecule has 0 aliphatic carbocycles. The highest BCUT2D eigenvalue weighted by molar-refractivity contribution is 7.98. The van der Waals surface area contributed by atoms with Gasteiger partial charge in [0.2, 0.25) is 5.91 Å². The maximum atomic E-state index is 12.9. The third-order valence-corrected chi connectivity index (χ3v) is 5.37. The fourth-order valence-corrected chi connectivity index (χ4v) is 3.79. The van der Waals surface area contributed by atoms with Crippen molar-refractivity contribution in [1.29, 1.82) is 0 Å². The Morgan fingerprint density at radius 3 is 2.85 bits per heavy atom. The molecule has 0 bridgehead atoms. The Morgan fingerprint density at radius 1 is 1.38 bits per heavy atom. The number of carbonyl (C=O) groups is 1. The van der Waals surface area contributed by atoms with Crippen LogP contribution >= 0.6 is 23.1 Å². The first-order chi connectivity index (χ1) is 12.5. The van der Waals surface area contributed by atoms with Crippen LogP contribution in [0.1, 0.15) is 17.3 Å². The number of H-pyrrole nitrogens is 1. The lowest BCUT2D eigenvalue weighted by Crippen LogP contribution is -2.42. The van der Waals surface area contributed by atoms with Crippen LogP contribution in [0.2, 0.25) is 0 Å². The number of aromatic amines is 1. The molecule has 9 heteroatoms. The molecule has 1 atom stereocenters. The number of benzene rings is 1. The first-order valence-corrected chi connectivity index (χ1v) is 10.2. The average Bonchev–Trinajstić information content (AvgIpc) is 3.02. The molecule has 3 rings (SSSR count). The Labute approximate surface area is 157 Å². The van der Waals surface area contributed by atoms with Crippen LogP contribution < -0.4 is 16.6 Å². The summed E-state index contributed by atoms with van der Waals surface area (Å²) in [6.07, 6.45) is 3.93. The molecule has 3 aromatic rings. The van der Waals surface area contributed by atoms with Crippen LogP contribution in [0, 0.1) is 6.92 Å². The van der Waals surface area contributed by atoms with E-state index in [2.05, 4.69) is 15.3 Å². The standard InChI is InChI=1S/C17H18N4O3S2/c1-10-9-18-16(26-10)20-14(22)13(7-8-25-2)21-15(23)11-5-3-4-6-12(11)19-17(21)24/h3-6,9,13H,7-8H2,1-2H3,(H,19,24)(H,18,20,22)/t13-/m0/s1. The Hall–Kier alpha value is -2.39. The SMILES string of the molecule is CSCC[C@@H](C(=O)Nc1ncc(C)s1)n1c(=O)[nH]c2ccccc2c1=O. The molecule has 7 nitrogen and oxygen atoms in total. The lowest BCUT2D eigenvalue weighted by atomic mass is 10.2. The van der Waals surface area contributed by atoms with Crippen LogP contribution in [0.5, 0.6) is 0 Å². The summed E-state index contributed by atoms with van der Waals surface area (Å²) in [5.41, 5.74) is -0.607. The van der Waals surface area contributed by atoms with Crippen molar-refractivity contribution in [2.75, 3.05) is 17.3 Å². The van der Waals surface area contributed by atoms with Gasteiger partial charge in [0.25, 0.3) is 5.56 Å². The third-order valence-electron chi connectivity index (χ3n) is 3.90. The van der Waals surface area contributed by atoms with Crippen LogP contribution in [0.4, 0.5) is 5.13 Å². The minimum atomic E-state index is -0.910. The van der Waals surface area contributed by atoms with Gasteiger partial charge in [0.05, 0.1) is 10.9 Å². The second-order valence-corrected chi connectivity index (χ2v) is 7.93. The zero-order valence-corrected chi connectivity index (χ0v) is 15.9. The van der Waals surface area contributed by atoms with Crippen molar-refractivity contribution in [3.63, 3.8) is 0 Å². The summed E-state index contributed by atoms with van der Waals surface area (Å²) in [6.45, 7) is 1.89. The lowest BCUT2D eigenvalue weighted by molar-refractivity contribution is -0.119. The zero-order chi connectivity index (χ0) is 18.7. The Morgan fingerprint density at radius 2 is 2.15 bits per heavy atom. The fraction of sp³-hybridized carbons (Fsp3) is 0.294. The first-order valence-electron chi connectivity index (χ1n) is 7.97. The highest BCUT2D eigenvalue weighted by Crippen LogP contribution is 2.20. The van der Waals surface area contributed by atoms with Crippen molar-refractivity contribution >= 4 is 45.0 Å². The Bertz CT molecular complexity index is 1050. The maximum absolute atomic E-state index is 12.9. The molecule has 1 aromatic carbocycles. The number of anilines is 1. The molecular formula is C17H18N4O3S2. The van der Waals surface area contributed by atoms with Crippen molar-refractivity contribution in [1.82, 2.24) is 14.5 Å². The van der Waals surface area contributed by atoms with Crippen LogP contribution in [-0.4, -0.2) is 32.5 Å². The quantitative estimate of drug-likeness (QED) is 0.674. The molecule has 2 heterocycles. The summed E-state index contributed by atoms with van der Waals surface area (Å²) in [7, 11) is 0. The summed E-state index contributed by atoms with van der Waals surface area (Å²) >= 11 is 2.89. The van der Waals surface area contributed by atoms with E-state index < -0.39 is 23.2 Å². The molecule has 0 aliphatic rings. The highest BCUT2D eigenvalue weighted by atomic mass is 32.2. The number of thiazole rings is 1. The molecule has 0 unspecified atom stereocenters. The molecule has 1 amide bonds. The third kappa shape index (κ3) is 3.73. The minimum absolute atomic E-state index is 0.360. The summed E-state index contributed by atoms with van der Waals surface area (Å²) in [5.74, 6) is 0.213. The number of para-hydroxylation sites is 1. The van der Waals surface area contributed by atoms with Gasteiger partial charge in [0.1, 0.15) is 6.04 Å². The largest absolute Gasteiger partial charge is 0.329 e. The van der Waals surface area contributed by atoms with Gasteiger partial charge >= 0.3 is 5.69 Å². The van der Waals surface area contributed by atoms with E-state index in [-0.39, 0.29) is 0 Å². The number of hydrogen-bond donors (Lipinski definition) is 2. The zero-order valence-electron chi connectivity index (χ0n) is 14.3. The second kappa shape index (κ2) is 7.88. The number of aryl methyl sites for hydroxylation is 1. The van der Waals surface area contributed by atoms with Crippen LogP contribution in [0.15, 0.2) is 40.1 Å². The topological polar surface area (TPSA) is 96.8 Å². The van der Waals surface area contributed by atoms with E-state index in [1.165, 1.54) is 11.3 Å². The van der Waals surface area contributed by atoms with Gasteiger partial charge in [-0.2, -0.15) is 11.8 Å². The molecule has 0 saturated carbocycles. The van der Waals surface area contributed by atoms with E-state index in [1.807, 2.05) is 13.2 Å². The van der Waals surface area contributed by atoms with Crippen molar-refractivity contribution in [3.05, 3.63) is 56.2 Å². The van der Waals surface area contributed by atoms with Gasteiger partial charge in [0, 0.05) is 11.1 Å². The number of carbonyl (C=O) groups excluding carboxylic acids is 1. The normalized spacial score (nSPS) is 12.2. The maximum Gasteiger partial charge on any atom is 0.329 e. The summed E-state index contributed by atoms with van der Waals surface area (Å²) in [6, 6.07) is 5.86. The van der Waals surface area contributed by atoms with Gasteiger partial charge in [-0.1, -0.05) is 12.1 Å². The summed E-state index contributed by atoms with van der Waals surface area (Å²) < 4.78 is 1.01.